The SMILES string of the molecule is CNC1=CC(S(=O)(=O)O)=C=CC1C. The minimum Gasteiger partial charge on any atom is -0.391 e. The first-order valence-corrected chi connectivity index (χ1v) is 5.23. The van der Waals surface area contributed by atoms with E-state index in [4.69, 9.17) is 4.55 Å². The van der Waals surface area contributed by atoms with Gasteiger partial charge >= 0.3 is 10.1 Å². The topological polar surface area (TPSA) is 66.4 Å². The third kappa shape index (κ3) is 2.21. The minimum absolute atomic E-state index is 0.0931. The van der Waals surface area contributed by atoms with E-state index in [0.717, 1.165) is 5.70 Å². The Bertz CT molecular complexity index is 399. The maximum absolute atomic E-state index is 10.7. The van der Waals surface area contributed by atoms with Crippen molar-refractivity contribution in [3.05, 3.63) is 28.5 Å². The zero-order valence-electron chi connectivity index (χ0n) is 7.40. The highest BCUT2D eigenvalue weighted by Crippen LogP contribution is 2.18. The third-order valence-electron chi connectivity index (χ3n) is 1.82. The molecule has 72 valence electrons. The molecule has 0 bridgehead atoms. The Labute approximate surface area is 77.4 Å². The van der Waals surface area contributed by atoms with Crippen LogP contribution in [0.1, 0.15) is 6.92 Å². The second-order valence-corrected chi connectivity index (χ2v) is 4.18. The summed E-state index contributed by atoms with van der Waals surface area (Å²) in [5.41, 5.74) is 3.25. The predicted octanol–water partition coefficient (Wildman–Crippen LogP) is 0.666. The van der Waals surface area contributed by atoms with Crippen molar-refractivity contribution >= 4 is 10.1 Å². The van der Waals surface area contributed by atoms with Crippen molar-refractivity contribution in [2.75, 3.05) is 7.05 Å². The van der Waals surface area contributed by atoms with Gasteiger partial charge in [-0.15, -0.1) is 5.73 Å². The molecule has 0 saturated carbocycles. The van der Waals surface area contributed by atoms with Crippen LogP contribution < -0.4 is 5.32 Å². The van der Waals surface area contributed by atoms with Gasteiger partial charge in [-0.05, 0) is 12.2 Å². The van der Waals surface area contributed by atoms with E-state index in [0.29, 0.717) is 0 Å². The Hall–Kier alpha value is -1.03. The van der Waals surface area contributed by atoms with Crippen molar-refractivity contribution < 1.29 is 13.0 Å². The first-order chi connectivity index (χ1) is 5.95. The van der Waals surface area contributed by atoms with Crippen LogP contribution in [-0.2, 0) is 10.1 Å². The Kier molecular flexibility index (Phi) is 2.61. The molecule has 0 heterocycles. The molecule has 1 atom stereocenters. The lowest BCUT2D eigenvalue weighted by Gasteiger charge is -2.13. The summed E-state index contributed by atoms with van der Waals surface area (Å²) in [6.07, 6.45) is 2.97. The van der Waals surface area contributed by atoms with Gasteiger partial charge in [-0.1, -0.05) is 6.92 Å². The van der Waals surface area contributed by atoms with E-state index in [1.54, 1.807) is 13.1 Å². The summed E-state index contributed by atoms with van der Waals surface area (Å²) in [6.45, 7) is 1.90. The lowest BCUT2D eigenvalue weighted by atomic mass is 10.1. The van der Waals surface area contributed by atoms with Gasteiger partial charge in [0.1, 0.15) is 4.91 Å². The molecule has 2 N–H and O–H groups in total. The maximum Gasteiger partial charge on any atom is 0.302 e. The van der Waals surface area contributed by atoms with E-state index < -0.39 is 10.1 Å². The summed E-state index contributed by atoms with van der Waals surface area (Å²) >= 11 is 0. The number of hydrogen-bond acceptors (Lipinski definition) is 3. The molecule has 0 fully saturated rings. The van der Waals surface area contributed by atoms with Crippen LogP contribution in [0.3, 0.4) is 0 Å². The summed E-state index contributed by atoms with van der Waals surface area (Å²) < 4.78 is 30.2. The van der Waals surface area contributed by atoms with E-state index in [2.05, 4.69) is 11.0 Å². The van der Waals surface area contributed by atoms with Crippen LogP contribution in [0.25, 0.3) is 0 Å². The fourth-order valence-corrected chi connectivity index (χ4v) is 1.55. The zero-order chi connectivity index (χ0) is 10.1. The summed E-state index contributed by atoms with van der Waals surface area (Å²) in [7, 11) is -2.44. The fourth-order valence-electron chi connectivity index (χ4n) is 1.06. The van der Waals surface area contributed by atoms with Crippen LogP contribution >= 0.6 is 0 Å². The summed E-state index contributed by atoms with van der Waals surface area (Å²) in [4.78, 5) is -0.199. The average Bonchev–Trinajstić information content (AvgIpc) is 2.03. The highest BCUT2D eigenvalue weighted by atomic mass is 32.2. The molecule has 0 spiro atoms. The van der Waals surface area contributed by atoms with E-state index in [1.807, 2.05) is 6.92 Å². The van der Waals surface area contributed by atoms with Gasteiger partial charge in [0, 0.05) is 18.7 Å². The van der Waals surface area contributed by atoms with E-state index in [-0.39, 0.29) is 10.8 Å². The quantitative estimate of drug-likeness (QED) is 0.509. The van der Waals surface area contributed by atoms with E-state index >= 15 is 0 Å². The van der Waals surface area contributed by atoms with Gasteiger partial charge in [0.2, 0.25) is 0 Å². The molecule has 5 heteroatoms. The van der Waals surface area contributed by atoms with Gasteiger partial charge in [-0.3, -0.25) is 4.55 Å². The van der Waals surface area contributed by atoms with E-state index in [9.17, 15) is 8.42 Å². The number of allylic oxidation sites excluding steroid dienone is 1. The number of nitrogens with one attached hydrogen (secondary N) is 1. The molecular formula is C8H11NO3S. The second kappa shape index (κ2) is 3.38. The lowest BCUT2D eigenvalue weighted by Crippen LogP contribution is -2.15. The van der Waals surface area contributed by atoms with Gasteiger partial charge in [-0.2, -0.15) is 8.42 Å². The van der Waals surface area contributed by atoms with Crippen molar-refractivity contribution in [3.8, 4) is 0 Å². The van der Waals surface area contributed by atoms with Gasteiger partial charge in [0.05, 0.1) is 0 Å². The molecule has 0 saturated heterocycles. The van der Waals surface area contributed by atoms with E-state index in [1.165, 1.54) is 6.08 Å². The fraction of sp³-hybridized carbons (Fsp3) is 0.375. The Morgan fingerprint density at radius 3 is 2.69 bits per heavy atom. The van der Waals surface area contributed by atoms with Gasteiger partial charge in [0.15, 0.2) is 0 Å². The normalized spacial score (nSPS) is 22.2. The van der Waals surface area contributed by atoms with Crippen LogP contribution in [0, 0.1) is 5.92 Å². The highest BCUT2D eigenvalue weighted by Gasteiger charge is 2.16. The Morgan fingerprint density at radius 1 is 1.62 bits per heavy atom. The van der Waals surface area contributed by atoms with Gasteiger partial charge in [-0.25, -0.2) is 0 Å². The molecule has 1 aliphatic carbocycles. The molecule has 0 aromatic carbocycles. The van der Waals surface area contributed by atoms with Crippen LogP contribution in [-0.4, -0.2) is 20.0 Å². The van der Waals surface area contributed by atoms with Gasteiger partial charge < -0.3 is 5.32 Å². The van der Waals surface area contributed by atoms with Crippen LogP contribution in [0.2, 0.25) is 0 Å². The van der Waals surface area contributed by atoms with Crippen LogP contribution in [0.4, 0.5) is 0 Å². The predicted molar refractivity (Wildman–Crippen MR) is 49.5 cm³/mol. The summed E-state index contributed by atoms with van der Waals surface area (Å²) in [5.74, 6) is 0.0931. The molecule has 0 aromatic rings. The van der Waals surface area contributed by atoms with Crippen molar-refractivity contribution in [2.24, 2.45) is 5.92 Å². The monoisotopic (exact) mass is 201 g/mol. The molecule has 13 heavy (non-hydrogen) atoms. The van der Waals surface area contributed by atoms with Crippen molar-refractivity contribution in [2.45, 2.75) is 6.92 Å². The maximum atomic E-state index is 10.7. The summed E-state index contributed by atoms with van der Waals surface area (Å²) in [5, 5.41) is 2.85. The molecule has 1 aliphatic rings. The Balaban J connectivity index is 3.18. The van der Waals surface area contributed by atoms with Gasteiger partial charge in [0.25, 0.3) is 0 Å². The molecule has 1 rings (SSSR count). The van der Waals surface area contributed by atoms with Crippen molar-refractivity contribution in [1.29, 1.82) is 0 Å². The molecule has 0 aromatic heterocycles. The molecular weight excluding hydrogens is 190 g/mol. The largest absolute Gasteiger partial charge is 0.391 e. The van der Waals surface area contributed by atoms with Crippen molar-refractivity contribution in [3.63, 3.8) is 0 Å². The standard InChI is InChI=1S/C8H11NO3S/c1-6-3-4-7(13(10,11)12)5-8(6)9-2/h3,5-6,9H,1-2H3,(H,10,11,12). The van der Waals surface area contributed by atoms with Crippen LogP contribution in [0.15, 0.2) is 28.5 Å². The lowest BCUT2D eigenvalue weighted by molar-refractivity contribution is 0.492. The minimum atomic E-state index is -4.13. The van der Waals surface area contributed by atoms with Crippen molar-refractivity contribution in [1.82, 2.24) is 5.32 Å². The molecule has 1 unspecified atom stereocenters. The summed E-state index contributed by atoms with van der Waals surface area (Å²) in [6, 6.07) is 0. The van der Waals surface area contributed by atoms with Crippen LogP contribution in [0.5, 0.6) is 0 Å². The third-order valence-corrected chi connectivity index (χ3v) is 2.61. The molecule has 0 aliphatic heterocycles. The molecule has 4 nitrogen and oxygen atoms in total. The highest BCUT2D eigenvalue weighted by molar-refractivity contribution is 7.90. The smallest absolute Gasteiger partial charge is 0.302 e. The second-order valence-electron chi connectivity index (χ2n) is 2.79. The number of hydrogen-bond donors (Lipinski definition) is 2. The Morgan fingerprint density at radius 2 is 2.23 bits per heavy atom. The molecule has 0 radical (unpaired) electrons. The first-order valence-electron chi connectivity index (χ1n) is 3.79. The number of rotatable bonds is 2. The molecule has 0 amide bonds. The first kappa shape index (κ1) is 10.1. The zero-order valence-corrected chi connectivity index (χ0v) is 8.22. The average molecular weight is 201 g/mol.